The van der Waals surface area contributed by atoms with Gasteiger partial charge < -0.3 is 15.3 Å². The number of amides is 2. The van der Waals surface area contributed by atoms with E-state index in [0.717, 1.165) is 12.8 Å². The van der Waals surface area contributed by atoms with Gasteiger partial charge in [0.15, 0.2) is 0 Å². The lowest BCUT2D eigenvalue weighted by Gasteiger charge is -2.30. The third kappa shape index (κ3) is 3.54. The summed E-state index contributed by atoms with van der Waals surface area (Å²) < 4.78 is 0. The highest BCUT2D eigenvalue weighted by Gasteiger charge is 2.41. The predicted molar refractivity (Wildman–Crippen MR) is 76.6 cm³/mol. The number of carboxylic acid groups (broad SMARTS) is 1. The number of aliphatic carboxylic acids is 1. The molecule has 1 aliphatic carbocycles. The number of hydrogen-bond acceptors (Lipinski definition) is 3. The molecule has 0 aromatic rings. The fourth-order valence-electron chi connectivity index (χ4n) is 3.46. The SMILES string of the molecule is CC(C)N1CC(C(=O)NC2(CC(=O)O)CCCC2)CC1=O. The van der Waals surface area contributed by atoms with Gasteiger partial charge in [0.2, 0.25) is 11.8 Å². The van der Waals surface area contributed by atoms with E-state index in [4.69, 9.17) is 5.11 Å². The van der Waals surface area contributed by atoms with Gasteiger partial charge in [0.05, 0.1) is 17.9 Å². The van der Waals surface area contributed by atoms with E-state index in [1.807, 2.05) is 13.8 Å². The van der Waals surface area contributed by atoms with Crippen LogP contribution in [0, 0.1) is 5.92 Å². The molecule has 1 heterocycles. The number of nitrogens with one attached hydrogen (secondary N) is 1. The van der Waals surface area contributed by atoms with Crippen molar-refractivity contribution >= 4 is 17.8 Å². The van der Waals surface area contributed by atoms with E-state index >= 15 is 0 Å². The van der Waals surface area contributed by atoms with E-state index in [-0.39, 0.29) is 36.6 Å². The first-order valence-corrected chi connectivity index (χ1v) is 7.66. The lowest BCUT2D eigenvalue weighted by atomic mass is 9.92. The number of rotatable bonds is 5. The third-order valence-electron chi connectivity index (χ3n) is 4.59. The van der Waals surface area contributed by atoms with E-state index in [0.29, 0.717) is 19.4 Å². The van der Waals surface area contributed by atoms with E-state index < -0.39 is 11.5 Å². The minimum Gasteiger partial charge on any atom is -0.481 e. The second-order valence-corrected chi connectivity index (χ2v) is 6.59. The molecule has 2 N–H and O–H groups in total. The highest BCUT2D eigenvalue weighted by Crippen LogP contribution is 2.33. The van der Waals surface area contributed by atoms with E-state index in [1.165, 1.54) is 0 Å². The van der Waals surface area contributed by atoms with Crippen LogP contribution in [0.25, 0.3) is 0 Å². The number of carbonyl (C=O) groups excluding carboxylic acids is 2. The summed E-state index contributed by atoms with van der Waals surface area (Å²) in [6, 6.07) is 0.0924. The summed E-state index contributed by atoms with van der Waals surface area (Å²) in [4.78, 5) is 37.1. The van der Waals surface area contributed by atoms with Crippen molar-refractivity contribution in [3.8, 4) is 0 Å². The Bertz CT molecular complexity index is 441. The molecule has 0 spiro atoms. The Balaban J connectivity index is 2.00. The minimum absolute atomic E-state index is 0.00357. The average Bonchev–Trinajstić information content (AvgIpc) is 2.95. The molecule has 0 bridgehead atoms. The van der Waals surface area contributed by atoms with Gasteiger partial charge in [0.1, 0.15) is 0 Å². The Morgan fingerprint density at radius 3 is 2.48 bits per heavy atom. The van der Waals surface area contributed by atoms with Gasteiger partial charge in [-0.05, 0) is 26.7 Å². The fourth-order valence-corrected chi connectivity index (χ4v) is 3.46. The molecule has 2 fully saturated rings. The Labute approximate surface area is 124 Å². The van der Waals surface area contributed by atoms with Crippen molar-refractivity contribution in [3.05, 3.63) is 0 Å². The Kier molecular flexibility index (Phi) is 4.54. The lowest BCUT2D eigenvalue weighted by Crippen LogP contribution is -2.50. The number of likely N-dealkylation sites (tertiary alicyclic amines) is 1. The lowest BCUT2D eigenvalue weighted by molar-refractivity contribution is -0.139. The van der Waals surface area contributed by atoms with Crippen LogP contribution in [0.2, 0.25) is 0 Å². The van der Waals surface area contributed by atoms with Crippen LogP contribution in [-0.2, 0) is 14.4 Å². The highest BCUT2D eigenvalue weighted by molar-refractivity contribution is 5.90. The van der Waals surface area contributed by atoms with Crippen molar-refractivity contribution in [3.63, 3.8) is 0 Å². The Hall–Kier alpha value is -1.59. The van der Waals surface area contributed by atoms with Gasteiger partial charge in [-0.3, -0.25) is 14.4 Å². The van der Waals surface area contributed by atoms with Crippen LogP contribution in [0.1, 0.15) is 52.4 Å². The maximum atomic E-state index is 12.4. The first-order valence-electron chi connectivity index (χ1n) is 7.66. The first-order chi connectivity index (χ1) is 9.83. The van der Waals surface area contributed by atoms with Crippen molar-refractivity contribution in [2.24, 2.45) is 5.92 Å². The fraction of sp³-hybridized carbons (Fsp3) is 0.800. The Morgan fingerprint density at radius 2 is 2.00 bits per heavy atom. The minimum atomic E-state index is -0.886. The van der Waals surface area contributed by atoms with Crippen LogP contribution in [0.4, 0.5) is 0 Å². The van der Waals surface area contributed by atoms with Gasteiger partial charge in [-0.2, -0.15) is 0 Å². The summed E-state index contributed by atoms with van der Waals surface area (Å²) in [5.74, 6) is -1.41. The van der Waals surface area contributed by atoms with Gasteiger partial charge in [-0.25, -0.2) is 0 Å². The molecule has 2 amide bonds. The third-order valence-corrected chi connectivity index (χ3v) is 4.59. The van der Waals surface area contributed by atoms with Crippen molar-refractivity contribution in [2.75, 3.05) is 6.54 Å². The number of carboxylic acids is 1. The van der Waals surface area contributed by atoms with Gasteiger partial charge in [-0.1, -0.05) is 12.8 Å². The summed E-state index contributed by atoms with van der Waals surface area (Å²) in [6.07, 6.45) is 3.49. The van der Waals surface area contributed by atoms with Gasteiger partial charge in [0.25, 0.3) is 0 Å². The van der Waals surface area contributed by atoms with Crippen LogP contribution in [0.3, 0.4) is 0 Å². The summed E-state index contributed by atoms with van der Waals surface area (Å²) >= 11 is 0. The predicted octanol–water partition coefficient (Wildman–Crippen LogP) is 1.15. The molecule has 6 nitrogen and oxygen atoms in total. The number of carbonyl (C=O) groups is 3. The Morgan fingerprint density at radius 1 is 1.38 bits per heavy atom. The normalized spacial score (nSPS) is 24.6. The molecule has 2 rings (SSSR count). The molecular formula is C15H24N2O4. The number of hydrogen-bond donors (Lipinski definition) is 2. The molecule has 118 valence electrons. The standard InChI is InChI=1S/C15H24N2O4/c1-10(2)17-9-11(7-12(17)18)14(21)16-15(8-13(19)20)5-3-4-6-15/h10-11H,3-9H2,1-2H3,(H,16,21)(H,19,20). The maximum absolute atomic E-state index is 12.4. The van der Waals surface area contributed by atoms with Crippen LogP contribution in [-0.4, -0.2) is 45.9 Å². The van der Waals surface area contributed by atoms with Crippen molar-refractivity contribution in [1.82, 2.24) is 10.2 Å². The molecule has 0 aromatic carbocycles. The summed E-state index contributed by atoms with van der Waals surface area (Å²) in [5.41, 5.74) is -0.614. The molecule has 6 heteroatoms. The van der Waals surface area contributed by atoms with Crippen molar-refractivity contribution in [1.29, 1.82) is 0 Å². The average molecular weight is 296 g/mol. The highest BCUT2D eigenvalue weighted by atomic mass is 16.4. The van der Waals surface area contributed by atoms with Gasteiger partial charge in [-0.15, -0.1) is 0 Å². The zero-order valence-electron chi connectivity index (χ0n) is 12.7. The molecule has 1 saturated heterocycles. The molecule has 1 unspecified atom stereocenters. The molecule has 21 heavy (non-hydrogen) atoms. The van der Waals surface area contributed by atoms with Crippen molar-refractivity contribution < 1.29 is 19.5 Å². The molecule has 0 radical (unpaired) electrons. The molecule has 1 atom stereocenters. The monoisotopic (exact) mass is 296 g/mol. The summed E-state index contributed by atoms with van der Waals surface area (Å²) in [7, 11) is 0. The molecule has 1 aliphatic heterocycles. The quantitative estimate of drug-likeness (QED) is 0.796. The zero-order valence-corrected chi connectivity index (χ0v) is 12.7. The van der Waals surface area contributed by atoms with E-state index in [2.05, 4.69) is 5.32 Å². The van der Waals surface area contributed by atoms with Crippen LogP contribution < -0.4 is 5.32 Å². The molecular weight excluding hydrogens is 272 g/mol. The topological polar surface area (TPSA) is 86.7 Å². The molecule has 0 aromatic heterocycles. The summed E-state index contributed by atoms with van der Waals surface area (Å²) in [5, 5.41) is 12.0. The smallest absolute Gasteiger partial charge is 0.305 e. The molecule has 2 aliphatic rings. The van der Waals surface area contributed by atoms with Gasteiger partial charge >= 0.3 is 5.97 Å². The number of nitrogens with zero attached hydrogens (tertiary/aromatic N) is 1. The van der Waals surface area contributed by atoms with Crippen LogP contribution >= 0.6 is 0 Å². The molecule has 1 saturated carbocycles. The van der Waals surface area contributed by atoms with Gasteiger partial charge in [0, 0.05) is 19.0 Å². The second-order valence-electron chi connectivity index (χ2n) is 6.59. The van der Waals surface area contributed by atoms with Crippen molar-refractivity contribution in [2.45, 2.75) is 64.0 Å². The first kappa shape index (κ1) is 15.8. The second kappa shape index (κ2) is 6.03. The largest absolute Gasteiger partial charge is 0.481 e. The van der Waals surface area contributed by atoms with Crippen LogP contribution in [0.15, 0.2) is 0 Å². The maximum Gasteiger partial charge on any atom is 0.305 e. The van der Waals surface area contributed by atoms with Crippen LogP contribution in [0.5, 0.6) is 0 Å². The summed E-state index contributed by atoms with van der Waals surface area (Å²) in [6.45, 7) is 4.30. The van der Waals surface area contributed by atoms with E-state index in [1.54, 1.807) is 4.90 Å². The van der Waals surface area contributed by atoms with E-state index in [9.17, 15) is 14.4 Å². The zero-order chi connectivity index (χ0) is 15.6.